The number of halogens is 4. The SMILES string of the molecule is CN(C)CCNc1cccc2c(CC(F)(F)F)c(C#CCNc3cc(F)c(N4CCOCC4)cc3OCC#N)sc12. The Bertz CT molecular complexity index is 1450. The molecule has 1 aromatic heterocycles. The Morgan fingerprint density at radius 3 is 2.63 bits per heavy atom. The molecule has 3 aromatic rings. The minimum atomic E-state index is -4.40. The molecule has 1 aliphatic heterocycles. The number of nitrogens with one attached hydrogen (secondary N) is 2. The molecular weight excluding hydrogens is 558 g/mol. The highest BCUT2D eigenvalue weighted by molar-refractivity contribution is 7.20. The van der Waals surface area contributed by atoms with Gasteiger partial charge in [0.2, 0.25) is 0 Å². The van der Waals surface area contributed by atoms with E-state index in [0.29, 0.717) is 54.5 Å². The van der Waals surface area contributed by atoms with Crippen molar-refractivity contribution in [1.82, 2.24) is 4.90 Å². The third-order valence-corrected chi connectivity index (χ3v) is 7.53. The Hall–Kier alpha value is -3.71. The van der Waals surface area contributed by atoms with Gasteiger partial charge in [0, 0.05) is 38.3 Å². The van der Waals surface area contributed by atoms with Crippen molar-refractivity contribution in [3.63, 3.8) is 0 Å². The summed E-state index contributed by atoms with van der Waals surface area (Å²) in [6, 6.07) is 9.99. The molecule has 0 bridgehead atoms. The van der Waals surface area contributed by atoms with E-state index >= 15 is 4.39 Å². The molecule has 0 atom stereocenters. The lowest BCUT2D eigenvalue weighted by molar-refractivity contribution is -0.126. The van der Waals surface area contributed by atoms with Gasteiger partial charge in [0.15, 0.2) is 6.61 Å². The van der Waals surface area contributed by atoms with Crippen molar-refractivity contribution in [2.45, 2.75) is 12.6 Å². The molecule has 2 N–H and O–H groups in total. The maximum atomic E-state index is 15.0. The van der Waals surface area contributed by atoms with Crippen molar-refractivity contribution in [2.75, 3.05) is 82.2 Å². The lowest BCUT2D eigenvalue weighted by Crippen LogP contribution is -2.36. The van der Waals surface area contributed by atoms with Crippen LogP contribution in [0.4, 0.5) is 34.6 Å². The highest BCUT2D eigenvalue weighted by Gasteiger charge is 2.31. The number of anilines is 3. The van der Waals surface area contributed by atoms with Gasteiger partial charge in [0.05, 0.1) is 52.8 Å². The number of morpholine rings is 1. The second-order valence-electron chi connectivity index (χ2n) is 9.62. The number of alkyl halides is 3. The van der Waals surface area contributed by atoms with E-state index in [0.717, 1.165) is 16.9 Å². The van der Waals surface area contributed by atoms with Gasteiger partial charge in [0.25, 0.3) is 0 Å². The minimum Gasteiger partial charge on any atom is -0.477 e. The normalized spacial score (nSPS) is 13.6. The Kier molecular flexibility index (Phi) is 10.2. The fourth-order valence-corrected chi connectivity index (χ4v) is 5.61. The average molecular weight is 590 g/mol. The molecule has 0 spiro atoms. The molecular formula is C29H31F4N5O2S. The highest BCUT2D eigenvalue weighted by Crippen LogP contribution is 2.39. The van der Waals surface area contributed by atoms with Crippen molar-refractivity contribution < 1.29 is 27.0 Å². The van der Waals surface area contributed by atoms with Crippen LogP contribution in [0.15, 0.2) is 30.3 Å². The summed E-state index contributed by atoms with van der Waals surface area (Å²) in [6.45, 7) is 3.19. The summed E-state index contributed by atoms with van der Waals surface area (Å²) in [6.07, 6.45) is -5.49. The minimum absolute atomic E-state index is 0.0207. The standard InChI is InChI=1S/C29H31F4N5O2S/c1-37(2)11-10-36-23-6-3-5-20-21(19-29(31,32)33)27(41-28(20)23)7-4-9-35-24-17-22(30)25(18-26(24)40-14-8-34)38-12-15-39-16-13-38/h3,5-6,17-18,35-36H,9-16,19H2,1-2H3. The van der Waals surface area contributed by atoms with E-state index in [1.165, 1.54) is 23.5 Å². The second kappa shape index (κ2) is 13.8. The van der Waals surface area contributed by atoms with Crippen LogP contribution in [-0.2, 0) is 11.2 Å². The van der Waals surface area contributed by atoms with Gasteiger partial charge < -0.3 is 29.9 Å². The third kappa shape index (κ3) is 8.17. The topological polar surface area (TPSA) is 72.8 Å². The molecule has 0 radical (unpaired) electrons. The maximum Gasteiger partial charge on any atom is 0.393 e. The summed E-state index contributed by atoms with van der Waals surface area (Å²) in [7, 11) is 3.89. The van der Waals surface area contributed by atoms with Gasteiger partial charge >= 0.3 is 6.18 Å². The zero-order valence-corrected chi connectivity index (χ0v) is 23.6. The smallest absolute Gasteiger partial charge is 0.393 e. The number of rotatable bonds is 10. The fourth-order valence-electron chi connectivity index (χ4n) is 4.42. The number of ether oxygens (including phenoxy) is 2. The zero-order chi connectivity index (χ0) is 29.4. The molecule has 1 fully saturated rings. The molecule has 218 valence electrons. The number of hydrogen-bond donors (Lipinski definition) is 2. The van der Waals surface area contributed by atoms with E-state index in [1.54, 1.807) is 12.1 Å². The van der Waals surface area contributed by atoms with E-state index in [2.05, 4.69) is 22.5 Å². The zero-order valence-electron chi connectivity index (χ0n) is 22.8. The number of thiophene rings is 1. The Morgan fingerprint density at radius 1 is 1.15 bits per heavy atom. The molecule has 1 saturated heterocycles. The Balaban J connectivity index is 1.58. The second-order valence-corrected chi connectivity index (χ2v) is 10.6. The van der Waals surface area contributed by atoms with Crippen LogP contribution >= 0.6 is 11.3 Å². The first kappa shape index (κ1) is 30.3. The maximum absolute atomic E-state index is 15.0. The van der Waals surface area contributed by atoms with Crippen LogP contribution in [0.3, 0.4) is 0 Å². The summed E-state index contributed by atoms with van der Waals surface area (Å²) >= 11 is 1.22. The van der Waals surface area contributed by atoms with Gasteiger partial charge in [0.1, 0.15) is 17.6 Å². The monoisotopic (exact) mass is 589 g/mol. The molecule has 0 amide bonds. The molecule has 0 aliphatic carbocycles. The van der Waals surface area contributed by atoms with E-state index in [1.807, 2.05) is 36.0 Å². The first-order valence-corrected chi connectivity index (χ1v) is 13.9. The van der Waals surface area contributed by atoms with Crippen LogP contribution < -0.4 is 20.3 Å². The number of nitrogens with zero attached hydrogens (tertiary/aromatic N) is 3. The summed E-state index contributed by atoms with van der Waals surface area (Å²) in [5.74, 6) is 5.59. The number of hydrogen-bond acceptors (Lipinski definition) is 8. The third-order valence-electron chi connectivity index (χ3n) is 6.33. The van der Waals surface area contributed by atoms with Crippen LogP contribution in [0.5, 0.6) is 5.75 Å². The molecule has 0 saturated carbocycles. The summed E-state index contributed by atoms with van der Waals surface area (Å²) in [5, 5.41) is 15.8. The predicted molar refractivity (Wildman–Crippen MR) is 155 cm³/mol. The van der Waals surface area contributed by atoms with Gasteiger partial charge in [-0.2, -0.15) is 18.4 Å². The highest BCUT2D eigenvalue weighted by atomic mass is 32.1. The van der Waals surface area contributed by atoms with Gasteiger partial charge in [-0.05, 0) is 31.1 Å². The molecule has 41 heavy (non-hydrogen) atoms. The summed E-state index contributed by atoms with van der Waals surface area (Å²) in [4.78, 5) is 4.18. The fraction of sp³-hybridized carbons (Fsp3) is 0.414. The first-order valence-electron chi connectivity index (χ1n) is 13.0. The van der Waals surface area contributed by atoms with Crippen LogP contribution in [0.25, 0.3) is 10.1 Å². The van der Waals surface area contributed by atoms with Crippen LogP contribution in [0.2, 0.25) is 0 Å². The van der Waals surface area contributed by atoms with Crippen LogP contribution in [0.1, 0.15) is 10.4 Å². The predicted octanol–water partition coefficient (Wildman–Crippen LogP) is 5.32. The van der Waals surface area contributed by atoms with Crippen LogP contribution in [0, 0.1) is 29.0 Å². The molecule has 1 aliphatic rings. The Morgan fingerprint density at radius 2 is 1.93 bits per heavy atom. The molecule has 7 nitrogen and oxygen atoms in total. The van der Waals surface area contributed by atoms with E-state index in [-0.39, 0.29) is 24.5 Å². The number of fused-ring (bicyclic) bond motifs is 1. The van der Waals surface area contributed by atoms with Gasteiger partial charge in [-0.25, -0.2) is 4.39 Å². The van der Waals surface area contributed by atoms with Crippen molar-refractivity contribution in [2.24, 2.45) is 0 Å². The summed E-state index contributed by atoms with van der Waals surface area (Å²) < 4.78 is 67.2. The Labute approximate surface area is 240 Å². The largest absolute Gasteiger partial charge is 0.477 e. The molecule has 0 unspecified atom stereocenters. The number of likely N-dealkylation sites (N-methyl/N-ethyl adjacent to an activating group) is 1. The first-order chi connectivity index (χ1) is 19.7. The van der Waals surface area contributed by atoms with E-state index < -0.39 is 18.4 Å². The number of benzene rings is 2. The van der Waals surface area contributed by atoms with Crippen LogP contribution in [-0.4, -0.2) is 77.7 Å². The van der Waals surface area contributed by atoms with Crippen molar-refractivity contribution >= 4 is 38.5 Å². The van der Waals surface area contributed by atoms with Crippen molar-refractivity contribution in [3.8, 4) is 23.7 Å². The lowest BCUT2D eigenvalue weighted by Gasteiger charge is -2.29. The molecule has 4 rings (SSSR count). The number of nitriles is 1. The van der Waals surface area contributed by atoms with Gasteiger partial charge in [-0.15, -0.1) is 11.3 Å². The lowest BCUT2D eigenvalue weighted by atomic mass is 10.1. The molecule has 2 aromatic carbocycles. The summed E-state index contributed by atoms with van der Waals surface area (Å²) in [5.41, 5.74) is 1.54. The van der Waals surface area contributed by atoms with Gasteiger partial charge in [-0.1, -0.05) is 24.0 Å². The quantitative estimate of drug-likeness (QED) is 0.245. The average Bonchev–Trinajstić information content (AvgIpc) is 3.27. The van der Waals surface area contributed by atoms with E-state index in [9.17, 15) is 13.2 Å². The van der Waals surface area contributed by atoms with Crippen molar-refractivity contribution in [3.05, 3.63) is 46.6 Å². The molecule has 2 heterocycles. The van der Waals surface area contributed by atoms with E-state index in [4.69, 9.17) is 14.7 Å². The molecule has 12 heteroatoms. The van der Waals surface area contributed by atoms with Crippen molar-refractivity contribution in [1.29, 1.82) is 5.26 Å². The van der Waals surface area contributed by atoms with Gasteiger partial charge in [-0.3, -0.25) is 0 Å².